The second-order valence-electron chi connectivity index (χ2n) is 5.20. The molecule has 2 atom stereocenters. The first-order valence-electron chi connectivity index (χ1n) is 6.68. The largest absolute Gasteiger partial charge is 0.534 e. The highest BCUT2D eigenvalue weighted by Gasteiger charge is 2.55. The summed E-state index contributed by atoms with van der Waals surface area (Å²) in [6.45, 7) is 1.79. The van der Waals surface area contributed by atoms with Crippen LogP contribution in [0, 0.1) is 0 Å². The van der Waals surface area contributed by atoms with Gasteiger partial charge in [-0.1, -0.05) is 6.42 Å². The maximum absolute atomic E-state index is 11.8. The van der Waals surface area contributed by atoms with Gasteiger partial charge in [0, 0.05) is 19.5 Å². The topological polar surface area (TPSA) is 77.8 Å². The number of carbonyl (C=O) groups is 2. The number of likely N-dealkylation sites (tertiary alicyclic amines) is 1. The monoisotopic (exact) mass is 257 g/mol. The standard InChI is InChI=1S/C12H20N2O4/c15-11(16)10-6-2-5-9-14(10,12(17)18)13-7-3-1-4-8-13/h10H,1-9H2,(H-,15,16,17,18)/p+1. The first-order valence-corrected chi connectivity index (χ1v) is 6.68. The Labute approximate surface area is 106 Å². The van der Waals surface area contributed by atoms with Crippen molar-refractivity contribution in [3.63, 3.8) is 0 Å². The zero-order valence-corrected chi connectivity index (χ0v) is 10.5. The van der Waals surface area contributed by atoms with E-state index in [4.69, 9.17) is 0 Å². The SMILES string of the molecule is O=C(O)C1CCCC[N+]1(C(=O)O)N1CCCCC1. The van der Waals surface area contributed by atoms with Crippen LogP contribution in [0.15, 0.2) is 0 Å². The second-order valence-corrected chi connectivity index (χ2v) is 5.20. The molecule has 2 heterocycles. The number of quaternary nitrogens is 1. The van der Waals surface area contributed by atoms with Gasteiger partial charge in [-0.2, -0.15) is 4.79 Å². The Balaban J connectivity index is 2.32. The molecule has 0 radical (unpaired) electrons. The maximum Gasteiger partial charge on any atom is 0.534 e. The molecule has 2 aliphatic rings. The zero-order valence-electron chi connectivity index (χ0n) is 10.5. The molecule has 2 aliphatic heterocycles. The summed E-state index contributed by atoms with van der Waals surface area (Å²) < 4.78 is -0.380. The van der Waals surface area contributed by atoms with Crippen molar-refractivity contribution in [1.29, 1.82) is 0 Å². The van der Waals surface area contributed by atoms with Gasteiger partial charge >= 0.3 is 12.1 Å². The van der Waals surface area contributed by atoms with Crippen LogP contribution in [0.4, 0.5) is 4.79 Å². The summed E-state index contributed by atoms with van der Waals surface area (Å²) in [5, 5.41) is 20.8. The molecular formula is C12H21N2O4+. The minimum absolute atomic E-state index is 0.380. The van der Waals surface area contributed by atoms with E-state index in [9.17, 15) is 19.8 Å². The third-order valence-corrected chi connectivity index (χ3v) is 4.20. The summed E-state index contributed by atoms with van der Waals surface area (Å²) >= 11 is 0. The van der Waals surface area contributed by atoms with Crippen molar-refractivity contribution < 1.29 is 24.4 Å². The van der Waals surface area contributed by atoms with E-state index < -0.39 is 18.1 Å². The number of carboxylic acids is 1. The number of nitrogens with zero attached hydrogens (tertiary/aromatic N) is 2. The summed E-state index contributed by atoms with van der Waals surface area (Å²) in [6, 6.07) is -0.825. The van der Waals surface area contributed by atoms with E-state index in [1.165, 1.54) is 0 Å². The van der Waals surface area contributed by atoms with E-state index >= 15 is 0 Å². The molecule has 0 aromatic heterocycles. The van der Waals surface area contributed by atoms with E-state index in [1.54, 1.807) is 0 Å². The molecule has 2 saturated heterocycles. The third-order valence-electron chi connectivity index (χ3n) is 4.20. The number of aliphatic carboxylic acids is 1. The minimum Gasteiger partial charge on any atom is -0.477 e. The number of carboxylic acid groups (broad SMARTS) is 2. The summed E-state index contributed by atoms with van der Waals surface area (Å²) in [6.07, 6.45) is 4.06. The van der Waals surface area contributed by atoms with Crippen molar-refractivity contribution in [2.24, 2.45) is 0 Å². The Morgan fingerprint density at radius 3 is 2.22 bits per heavy atom. The van der Waals surface area contributed by atoms with E-state index in [0.29, 0.717) is 26.1 Å². The van der Waals surface area contributed by atoms with E-state index in [1.807, 2.05) is 5.01 Å². The van der Waals surface area contributed by atoms with Gasteiger partial charge in [-0.3, -0.25) is 0 Å². The fraction of sp³-hybridized carbons (Fsp3) is 0.833. The van der Waals surface area contributed by atoms with Crippen LogP contribution in [0.3, 0.4) is 0 Å². The van der Waals surface area contributed by atoms with Crippen molar-refractivity contribution in [2.75, 3.05) is 19.6 Å². The number of hydrogen-bond donors (Lipinski definition) is 2. The van der Waals surface area contributed by atoms with Crippen LogP contribution >= 0.6 is 0 Å². The Morgan fingerprint density at radius 1 is 1.00 bits per heavy atom. The lowest BCUT2D eigenvalue weighted by Crippen LogP contribution is -2.72. The Hall–Kier alpha value is -1.14. The molecule has 2 unspecified atom stereocenters. The quantitative estimate of drug-likeness (QED) is 0.733. The highest BCUT2D eigenvalue weighted by Crippen LogP contribution is 2.31. The van der Waals surface area contributed by atoms with Crippen LogP contribution in [-0.4, -0.2) is 57.6 Å². The lowest BCUT2D eigenvalue weighted by atomic mass is 10.0. The predicted molar refractivity (Wildman–Crippen MR) is 63.9 cm³/mol. The molecule has 0 aromatic carbocycles. The Kier molecular flexibility index (Phi) is 3.87. The van der Waals surface area contributed by atoms with Crippen LogP contribution in [0.1, 0.15) is 38.5 Å². The van der Waals surface area contributed by atoms with Crippen molar-refractivity contribution in [2.45, 2.75) is 44.6 Å². The van der Waals surface area contributed by atoms with Crippen molar-refractivity contribution >= 4 is 12.1 Å². The van der Waals surface area contributed by atoms with Gasteiger partial charge in [-0.05, 0) is 25.7 Å². The normalized spacial score (nSPS) is 34.1. The van der Waals surface area contributed by atoms with E-state index in [2.05, 4.69) is 0 Å². The second kappa shape index (κ2) is 5.24. The fourth-order valence-electron chi connectivity index (χ4n) is 3.29. The number of amides is 1. The molecule has 2 fully saturated rings. The molecule has 2 rings (SSSR count). The first kappa shape index (κ1) is 13.3. The van der Waals surface area contributed by atoms with Crippen LogP contribution in [-0.2, 0) is 4.79 Å². The molecule has 0 saturated carbocycles. The summed E-state index contributed by atoms with van der Waals surface area (Å²) in [4.78, 5) is 23.2. The van der Waals surface area contributed by atoms with Gasteiger partial charge in [0.05, 0.1) is 0 Å². The van der Waals surface area contributed by atoms with Gasteiger partial charge in [0.2, 0.25) is 6.04 Å². The minimum atomic E-state index is -1.01. The zero-order chi connectivity index (χ0) is 13.2. The number of hydrogen-bond acceptors (Lipinski definition) is 3. The third kappa shape index (κ3) is 2.10. The van der Waals surface area contributed by atoms with Crippen LogP contribution in [0.5, 0.6) is 0 Å². The average molecular weight is 257 g/mol. The fourth-order valence-corrected chi connectivity index (χ4v) is 3.29. The molecule has 6 heteroatoms. The molecule has 0 aliphatic carbocycles. The Bertz CT molecular complexity index is 341. The number of piperidine rings is 2. The number of rotatable bonds is 2. The maximum atomic E-state index is 11.8. The highest BCUT2D eigenvalue weighted by atomic mass is 16.4. The molecule has 18 heavy (non-hydrogen) atoms. The van der Waals surface area contributed by atoms with Gasteiger partial charge in [-0.25, -0.2) is 4.79 Å². The molecule has 0 bridgehead atoms. The van der Waals surface area contributed by atoms with Gasteiger partial charge < -0.3 is 10.2 Å². The van der Waals surface area contributed by atoms with Crippen molar-refractivity contribution in [3.8, 4) is 0 Å². The van der Waals surface area contributed by atoms with Crippen molar-refractivity contribution in [3.05, 3.63) is 0 Å². The average Bonchev–Trinajstić information content (AvgIpc) is 2.39. The van der Waals surface area contributed by atoms with Gasteiger partial charge in [0.1, 0.15) is 6.54 Å². The van der Waals surface area contributed by atoms with Gasteiger partial charge in [-0.15, -0.1) is 9.60 Å². The highest BCUT2D eigenvalue weighted by molar-refractivity contribution is 5.74. The first-order chi connectivity index (χ1) is 8.59. The van der Waals surface area contributed by atoms with Crippen LogP contribution in [0.2, 0.25) is 0 Å². The van der Waals surface area contributed by atoms with E-state index in [-0.39, 0.29) is 4.59 Å². The summed E-state index contributed by atoms with van der Waals surface area (Å²) in [7, 11) is 0. The molecule has 102 valence electrons. The smallest absolute Gasteiger partial charge is 0.477 e. The van der Waals surface area contributed by atoms with Gasteiger partial charge in [0.15, 0.2) is 0 Å². The van der Waals surface area contributed by atoms with E-state index in [0.717, 1.165) is 32.1 Å². The Morgan fingerprint density at radius 2 is 1.67 bits per heavy atom. The van der Waals surface area contributed by atoms with Crippen LogP contribution < -0.4 is 0 Å². The molecule has 1 amide bonds. The molecule has 0 aromatic rings. The predicted octanol–water partition coefficient (Wildman–Crippen LogP) is 1.52. The lowest BCUT2D eigenvalue weighted by Gasteiger charge is -2.47. The van der Waals surface area contributed by atoms with Gasteiger partial charge in [0.25, 0.3) is 0 Å². The molecular weight excluding hydrogens is 236 g/mol. The summed E-state index contributed by atoms with van der Waals surface area (Å²) in [5.74, 6) is -0.984. The molecule has 6 nitrogen and oxygen atoms in total. The van der Waals surface area contributed by atoms with Crippen molar-refractivity contribution in [1.82, 2.24) is 5.01 Å². The molecule has 2 N–H and O–H groups in total. The molecule has 0 spiro atoms. The summed E-state index contributed by atoms with van der Waals surface area (Å²) in [5.41, 5.74) is 0. The van der Waals surface area contributed by atoms with Crippen LogP contribution in [0.25, 0.3) is 0 Å². The lowest BCUT2D eigenvalue weighted by molar-refractivity contribution is -0.990.